The number of benzene rings is 1. The molecule has 1 saturated heterocycles. The summed E-state index contributed by atoms with van der Waals surface area (Å²) in [5.41, 5.74) is 10.7. The van der Waals surface area contributed by atoms with Crippen molar-refractivity contribution >= 4 is 5.91 Å². The van der Waals surface area contributed by atoms with Crippen LogP contribution < -0.4 is 27.2 Å². The van der Waals surface area contributed by atoms with Crippen LogP contribution in [-0.2, 0) is 6.54 Å². The normalized spacial score (nSPS) is 15.0. The molecule has 0 saturated carbocycles. The second kappa shape index (κ2) is 6.75. The molecular formula is C12H14F2N8O. The van der Waals surface area contributed by atoms with Crippen LogP contribution >= 0.6 is 0 Å². The number of hydrogen-bond acceptors (Lipinski definition) is 7. The minimum Gasteiger partial charge on any atom is -0.348 e. The zero-order valence-electron chi connectivity index (χ0n) is 11.8. The van der Waals surface area contributed by atoms with Gasteiger partial charge < -0.3 is 5.32 Å². The molecular weight excluding hydrogens is 310 g/mol. The van der Waals surface area contributed by atoms with Gasteiger partial charge in [-0.1, -0.05) is 11.3 Å². The Bertz CT molecular complexity index is 680. The first-order valence-corrected chi connectivity index (χ1v) is 6.76. The van der Waals surface area contributed by atoms with Crippen molar-refractivity contribution in [2.45, 2.75) is 12.7 Å². The molecule has 0 bridgehead atoms. The zero-order valence-corrected chi connectivity index (χ0v) is 11.8. The van der Waals surface area contributed by atoms with Crippen LogP contribution in [0.25, 0.3) is 0 Å². The monoisotopic (exact) mass is 324 g/mol. The Morgan fingerprint density at radius 1 is 1.26 bits per heavy atom. The average molecular weight is 324 g/mol. The molecule has 1 aliphatic heterocycles. The van der Waals surface area contributed by atoms with Crippen molar-refractivity contribution in [3.05, 3.63) is 47.3 Å². The third kappa shape index (κ3) is 3.65. The van der Waals surface area contributed by atoms with E-state index in [4.69, 9.17) is 0 Å². The van der Waals surface area contributed by atoms with Crippen molar-refractivity contribution in [2.75, 3.05) is 6.54 Å². The molecule has 1 amide bonds. The second-order valence-electron chi connectivity index (χ2n) is 4.80. The smallest absolute Gasteiger partial charge is 0.273 e. The van der Waals surface area contributed by atoms with Crippen LogP contribution in [0.15, 0.2) is 24.4 Å². The van der Waals surface area contributed by atoms with Gasteiger partial charge in [-0.15, -0.1) is 5.10 Å². The number of hydrogen-bond donors (Lipinski definition) is 5. The molecule has 23 heavy (non-hydrogen) atoms. The van der Waals surface area contributed by atoms with E-state index in [1.807, 2.05) is 0 Å². The van der Waals surface area contributed by atoms with Gasteiger partial charge >= 0.3 is 0 Å². The van der Waals surface area contributed by atoms with Crippen LogP contribution in [0.2, 0.25) is 0 Å². The number of halogens is 2. The predicted molar refractivity (Wildman–Crippen MR) is 74.1 cm³/mol. The van der Waals surface area contributed by atoms with Gasteiger partial charge in [0, 0.05) is 12.1 Å². The zero-order chi connectivity index (χ0) is 16.2. The summed E-state index contributed by atoms with van der Waals surface area (Å²) in [5, 5.41) is 10.0. The van der Waals surface area contributed by atoms with E-state index in [1.54, 1.807) is 0 Å². The minimum absolute atomic E-state index is 0.0562. The van der Waals surface area contributed by atoms with Gasteiger partial charge in [0.2, 0.25) is 0 Å². The van der Waals surface area contributed by atoms with Crippen LogP contribution in [0.4, 0.5) is 8.78 Å². The molecule has 0 atom stereocenters. The van der Waals surface area contributed by atoms with Gasteiger partial charge in [0.1, 0.15) is 17.8 Å². The maximum absolute atomic E-state index is 13.6. The number of hydrazine groups is 3. The fourth-order valence-corrected chi connectivity index (χ4v) is 1.99. The van der Waals surface area contributed by atoms with Crippen LogP contribution in [0.3, 0.4) is 0 Å². The Morgan fingerprint density at radius 2 is 1.96 bits per heavy atom. The van der Waals surface area contributed by atoms with Crippen molar-refractivity contribution in [2.24, 2.45) is 0 Å². The summed E-state index contributed by atoms with van der Waals surface area (Å²) in [6, 6.07) is 3.60. The van der Waals surface area contributed by atoms with E-state index < -0.39 is 17.5 Å². The number of rotatable bonds is 5. The highest BCUT2D eigenvalue weighted by Crippen LogP contribution is 2.13. The highest BCUT2D eigenvalue weighted by atomic mass is 19.1. The van der Waals surface area contributed by atoms with E-state index in [-0.39, 0.29) is 30.5 Å². The molecule has 5 N–H and O–H groups in total. The number of carbonyl (C=O) groups excluding carboxylic acids is 1. The average Bonchev–Trinajstić information content (AvgIpc) is 3.20. The van der Waals surface area contributed by atoms with E-state index in [9.17, 15) is 13.6 Å². The summed E-state index contributed by atoms with van der Waals surface area (Å²) >= 11 is 0. The van der Waals surface area contributed by atoms with Crippen LogP contribution in [0.1, 0.15) is 16.1 Å². The van der Waals surface area contributed by atoms with Crippen molar-refractivity contribution < 1.29 is 13.6 Å². The second-order valence-corrected chi connectivity index (χ2v) is 4.80. The van der Waals surface area contributed by atoms with Crippen molar-refractivity contribution in [1.82, 2.24) is 42.2 Å². The maximum Gasteiger partial charge on any atom is 0.273 e. The lowest BCUT2D eigenvalue weighted by molar-refractivity contribution is 0.0944. The Balaban J connectivity index is 1.62. The molecule has 1 fully saturated rings. The molecule has 3 rings (SSSR count). The van der Waals surface area contributed by atoms with Gasteiger partial charge in [0.05, 0.1) is 12.7 Å². The number of carbonyl (C=O) groups is 1. The highest BCUT2D eigenvalue weighted by molar-refractivity contribution is 5.91. The lowest BCUT2D eigenvalue weighted by Crippen LogP contribution is -2.44. The molecule has 1 aliphatic rings. The quantitative estimate of drug-likeness (QED) is 0.469. The maximum atomic E-state index is 13.6. The molecule has 0 unspecified atom stereocenters. The molecule has 0 spiro atoms. The lowest BCUT2D eigenvalue weighted by Gasteiger charge is -2.08. The van der Waals surface area contributed by atoms with Gasteiger partial charge in [0.15, 0.2) is 5.69 Å². The van der Waals surface area contributed by atoms with E-state index in [2.05, 4.69) is 37.6 Å². The van der Waals surface area contributed by atoms with Crippen molar-refractivity contribution in [3.8, 4) is 0 Å². The Hall–Kier alpha value is -2.47. The van der Waals surface area contributed by atoms with E-state index in [1.165, 1.54) is 16.9 Å². The minimum atomic E-state index is -0.676. The number of nitrogens with zero attached hydrogens (tertiary/aromatic N) is 3. The Labute approximate surface area is 129 Å². The highest BCUT2D eigenvalue weighted by Gasteiger charge is 2.17. The van der Waals surface area contributed by atoms with E-state index in [0.29, 0.717) is 0 Å². The first kappa shape index (κ1) is 15.4. The lowest BCUT2D eigenvalue weighted by atomic mass is 10.2. The van der Waals surface area contributed by atoms with Crippen LogP contribution in [0, 0.1) is 11.6 Å². The summed E-state index contributed by atoms with van der Waals surface area (Å²) in [4.78, 5) is 11.9. The van der Waals surface area contributed by atoms with Gasteiger partial charge in [-0.2, -0.15) is 11.1 Å². The molecule has 11 heteroatoms. The van der Waals surface area contributed by atoms with E-state index >= 15 is 0 Å². The summed E-state index contributed by atoms with van der Waals surface area (Å²) in [6.07, 6.45) is 1.13. The van der Waals surface area contributed by atoms with Gasteiger partial charge in [0.25, 0.3) is 5.91 Å². The number of amides is 1. The molecule has 0 radical (unpaired) electrons. The van der Waals surface area contributed by atoms with Gasteiger partial charge in [-0.3, -0.25) is 4.79 Å². The molecule has 9 nitrogen and oxygen atoms in total. The third-order valence-corrected chi connectivity index (χ3v) is 3.18. The third-order valence-electron chi connectivity index (χ3n) is 3.18. The van der Waals surface area contributed by atoms with Crippen LogP contribution in [-0.4, -0.2) is 33.6 Å². The van der Waals surface area contributed by atoms with E-state index in [0.717, 1.165) is 12.1 Å². The topological polar surface area (TPSA) is 108 Å². The van der Waals surface area contributed by atoms with Crippen molar-refractivity contribution in [1.29, 1.82) is 0 Å². The predicted octanol–water partition coefficient (Wildman–Crippen LogP) is -1.22. The first-order valence-electron chi connectivity index (χ1n) is 6.76. The summed E-state index contributed by atoms with van der Waals surface area (Å²) in [7, 11) is 0. The standard InChI is InChI=1S/C12H14F2N8O/c13-8-2-1-3-9(14)7(8)5-22-6-10(16-21-22)12(23)15-4-11-17-19-20-18-11/h1-3,6,11,17-20H,4-5H2,(H,15,23). The van der Waals surface area contributed by atoms with Gasteiger partial charge in [-0.25, -0.2) is 24.3 Å². The molecule has 1 aromatic carbocycles. The van der Waals surface area contributed by atoms with Crippen molar-refractivity contribution in [3.63, 3.8) is 0 Å². The fourth-order valence-electron chi connectivity index (χ4n) is 1.99. The van der Waals surface area contributed by atoms with Gasteiger partial charge in [-0.05, 0) is 12.1 Å². The summed E-state index contributed by atoms with van der Waals surface area (Å²) in [5.74, 6) is -1.80. The summed E-state index contributed by atoms with van der Waals surface area (Å²) < 4.78 is 28.4. The molecule has 1 aromatic heterocycles. The Morgan fingerprint density at radius 3 is 2.65 bits per heavy atom. The largest absolute Gasteiger partial charge is 0.348 e. The first-order chi connectivity index (χ1) is 11.1. The SMILES string of the molecule is O=C(NCC1NNNN1)c1cn(Cc2c(F)cccc2F)nn1. The number of nitrogens with one attached hydrogen (secondary N) is 5. The number of aromatic nitrogens is 3. The molecule has 2 aromatic rings. The Kier molecular flexibility index (Phi) is 4.52. The van der Waals surface area contributed by atoms with Crippen LogP contribution in [0.5, 0.6) is 0 Å². The molecule has 122 valence electrons. The fraction of sp³-hybridized carbons (Fsp3) is 0.250. The molecule has 0 aliphatic carbocycles. The summed E-state index contributed by atoms with van der Waals surface area (Å²) in [6.45, 7) is 0.131. The molecule has 2 heterocycles.